The second-order valence-electron chi connectivity index (χ2n) is 5.06. The van der Waals surface area contributed by atoms with Gasteiger partial charge in [0.1, 0.15) is 5.78 Å². The Hall–Kier alpha value is -0.370. The molecule has 0 spiro atoms. The van der Waals surface area contributed by atoms with E-state index in [9.17, 15) is 4.79 Å². The molecule has 0 amide bonds. The molecule has 0 bridgehead atoms. The first-order valence-corrected chi connectivity index (χ1v) is 6.73. The number of carbonyl (C=O) groups excluding carboxylic acids is 1. The van der Waals surface area contributed by atoms with Gasteiger partial charge in [-0.25, -0.2) is 0 Å². The summed E-state index contributed by atoms with van der Waals surface area (Å²) in [5.41, 5.74) is 0. The van der Waals surface area contributed by atoms with E-state index in [1.807, 2.05) is 0 Å². The third-order valence-electron chi connectivity index (χ3n) is 3.20. The lowest BCUT2D eigenvalue weighted by molar-refractivity contribution is -0.117. The summed E-state index contributed by atoms with van der Waals surface area (Å²) in [5, 5.41) is 0. The zero-order chi connectivity index (χ0) is 12.4. The molecule has 0 N–H and O–H groups in total. The number of rotatable bonds is 10. The molecule has 16 heavy (non-hydrogen) atoms. The predicted octanol–water partition coefficient (Wildman–Crippen LogP) is 3.65. The maximum Gasteiger partial charge on any atom is 0.129 e. The summed E-state index contributed by atoms with van der Waals surface area (Å²) in [5.74, 6) is 0.317. The zero-order valence-corrected chi connectivity index (χ0v) is 11.6. The fourth-order valence-electron chi connectivity index (χ4n) is 2.01. The predicted molar refractivity (Wildman–Crippen MR) is 70.8 cm³/mol. The monoisotopic (exact) mass is 227 g/mol. The number of carbonyl (C=O) groups is 1. The molecule has 0 aliphatic rings. The van der Waals surface area contributed by atoms with Crippen molar-refractivity contribution in [2.45, 2.75) is 71.3 Å². The molecular weight excluding hydrogens is 198 g/mol. The smallest absolute Gasteiger partial charge is 0.129 e. The van der Waals surface area contributed by atoms with Crippen LogP contribution in [0.15, 0.2) is 0 Å². The molecule has 0 aromatic carbocycles. The van der Waals surface area contributed by atoms with Crippen LogP contribution < -0.4 is 0 Å². The first kappa shape index (κ1) is 15.6. The summed E-state index contributed by atoms with van der Waals surface area (Å²) < 4.78 is 0. The SMILES string of the molecule is CCCCCCCC(CCC(C)=O)N(C)C. The third-order valence-corrected chi connectivity index (χ3v) is 3.20. The van der Waals surface area contributed by atoms with Crippen molar-refractivity contribution in [3.05, 3.63) is 0 Å². The molecule has 0 heterocycles. The highest BCUT2D eigenvalue weighted by atomic mass is 16.1. The van der Waals surface area contributed by atoms with Crippen molar-refractivity contribution in [2.75, 3.05) is 14.1 Å². The zero-order valence-electron chi connectivity index (χ0n) is 11.6. The van der Waals surface area contributed by atoms with Gasteiger partial charge in [-0.3, -0.25) is 0 Å². The van der Waals surface area contributed by atoms with Crippen LogP contribution in [0.3, 0.4) is 0 Å². The normalized spacial score (nSPS) is 13.1. The molecule has 0 rings (SSSR count). The minimum Gasteiger partial charge on any atom is -0.306 e. The fourth-order valence-corrected chi connectivity index (χ4v) is 2.01. The van der Waals surface area contributed by atoms with Crippen molar-refractivity contribution in [2.24, 2.45) is 0 Å². The van der Waals surface area contributed by atoms with Crippen molar-refractivity contribution < 1.29 is 4.79 Å². The maximum atomic E-state index is 11.0. The van der Waals surface area contributed by atoms with Crippen molar-refractivity contribution in [3.8, 4) is 0 Å². The van der Waals surface area contributed by atoms with Gasteiger partial charge in [-0.05, 0) is 33.9 Å². The Balaban J connectivity index is 3.64. The molecule has 0 saturated heterocycles. The lowest BCUT2D eigenvalue weighted by Crippen LogP contribution is -2.28. The molecule has 2 heteroatoms. The number of nitrogens with zero attached hydrogens (tertiary/aromatic N) is 1. The van der Waals surface area contributed by atoms with E-state index in [1.165, 1.54) is 38.5 Å². The number of unbranched alkanes of at least 4 members (excludes halogenated alkanes) is 4. The molecule has 0 fully saturated rings. The Bertz CT molecular complexity index is 178. The van der Waals surface area contributed by atoms with Gasteiger partial charge in [-0.2, -0.15) is 0 Å². The first-order valence-electron chi connectivity index (χ1n) is 6.73. The molecule has 0 radical (unpaired) electrons. The minimum atomic E-state index is 0.317. The summed E-state index contributed by atoms with van der Waals surface area (Å²) in [6, 6.07) is 0.588. The van der Waals surface area contributed by atoms with E-state index in [2.05, 4.69) is 25.9 Å². The molecule has 0 aliphatic heterocycles. The van der Waals surface area contributed by atoms with Crippen LogP contribution in [0.2, 0.25) is 0 Å². The van der Waals surface area contributed by atoms with Crippen LogP contribution in [0.25, 0.3) is 0 Å². The number of ketones is 1. The Morgan fingerprint density at radius 2 is 1.69 bits per heavy atom. The van der Waals surface area contributed by atoms with E-state index in [0.717, 1.165) is 12.8 Å². The Morgan fingerprint density at radius 3 is 2.19 bits per heavy atom. The average molecular weight is 227 g/mol. The third kappa shape index (κ3) is 8.90. The van der Waals surface area contributed by atoms with Gasteiger partial charge in [-0.15, -0.1) is 0 Å². The van der Waals surface area contributed by atoms with Crippen LogP contribution >= 0.6 is 0 Å². The summed E-state index contributed by atoms with van der Waals surface area (Å²) >= 11 is 0. The van der Waals surface area contributed by atoms with Crippen molar-refractivity contribution in [1.82, 2.24) is 4.90 Å². The van der Waals surface area contributed by atoms with Gasteiger partial charge in [0.05, 0.1) is 0 Å². The quantitative estimate of drug-likeness (QED) is 0.531. The molecule has 0 saturated carbocycles. The summed E-state index contributed by atoms with van der Waals surface area (Å²) in [6.45, 7) is 3.93. The lowest BCUT2D eigenvalue weighted by atomic mass is 10.0. The Morgan fingerprint density at radius 1 is 1.06 bits per heavy atom. The van der Waals surface area contributed by atoms with E-state index in [4.69, 9.17) is 0 Å². The molecule has 96 valence electrons. The minimum absolute atomic E-state index is 0.317. The van der Waals surface area contributed by atoms with Crippen LogP contribution in [0.4, 0.5) is 0 Å². The van der Waals surface area contributed by atoms with Crippen molar-refractivity contribution in [3.63, 3.8) is 0 Å². The summed E-state index contributed by atoms with van der Waals surface area (Å²) in [6.07, 6.45) is 9.68. The summed E-state index contributed by atoms with van der Waals surface area (Å²) in [7, 11) is 4.24. The van der Waals surface area contributed by atoms with Gasteiger partial charge in [-0.1, -0.05) is 39.0 Å². The molecular formula is C14H29NO. The first-order chi connectivity index (χ1) is 7.57. The lowest BCUT2D eigenvalue weighted by Gasteiger charge is -2.23. The highest BCUT2D eigenvalue weighted by molar-refractivity contribution is 5.75. The van der Waals surface area contributed by atoms with Gasteiger partial charge in [0.2, 0.25) is 0 Å². The van der Waals surface area contributed by atoms with E-state index in [-0.39, 0.29) is 0 Å². The van der Waals surface area contributed by atoms with Crippen LogP contribution in [0.5, 0.6) is 0 Å². The number of hydrogen-bond donors (Lipinski definition) is 0. The number of hydrogen-bond acceptors (Lipinski definition) is 2. The maximum absolute atomic E-state index is 11.0. The second-order valence-corrected chi connectivity index (χ2v) is 5.06. The Labute approximate surface area is 101 Å². The van der Waals surface area contributed by atoms with Gasteiger partial charge < -0.3 is 9.69 Å². The molecule has 0 aliphatic carbocycles. The fraction of sp³-hybridized carbons (Fsp3) is 0.929. The molecule has 0 aromatic rings. The van der Waals surface area contributed by atoms with Crippen molar-refractivity contribution >= 4 is 5.78 Å². The van der Waals surface area contributed by atoms with E-state index < -0.39 is 0 Å². The van der Waals surface area contributed by atoms with Gasteiger partial charge in [0, 0.05) is 12.5 Å². The highest BCUT2D eigenvalue weighted by Gasteiger charge is 2.11. The molecule has 1 unspecified atom stereocenters. The van der Waals surface area contributed by atoms with Crippen molar-refractivity contribution in [1.29, 1.82) is 0 Å². The van der Waals surface area contributed by atoms with Crippen LogP contribution in [-0.2, 0) is 4.79 Å². The van der Waals surface area contributed by atoms with Gasteiger partial charge >= 0.3 is 0 Å². The van der Waals surface area contributed by atoms with E-state index in [0.29, 0.717) is 11.8 Å². The Kier molecular flexibility index (Phi) is 9.60. The average Bonchev–Trinajstić information content (AvgIpc) is 2.21. The molecule has 1 atom stereocenters. The van der Waals surface area contributed by atoms with Crippen LogP contribution in [-0.4, -0.2) is 30.8 Å². The van der Waals surface area contributed by atoms with E-state index >= 15 is 0 Å². The van der Waals surface area contributed by atoms with Crippen LogP contribution in [0, 0.1) is 0 Å². The summed E-state index contributed by atoms with van der Waals surface area (Å²) in [4.78, 5) is 13.2. The van der Waals surface area contributed by atoms with Gasteiger partial charge in [0.25, 0.3) is 0 Å². The standard InChI is InChI=1S/C14H29NO/c1-5-6-7-8-9-10-14(15(3)4)12-11-13(2)16/h14H,5-12H2,1-4H3. The highest BCUT2D eigenvalue weighted by Crippen LogP contribution is 2.14. The van der Waals surface area contributed by atoms with E-state index in [1.54, 1.807) is 6.92 Å². The molecule has 0 aromatic heterocycles. The van der Waals surface area contributed by atoms with Crippen LogP contribution in [0.1, 0.15) is 65.2 Å². The largest absolute Gasteiger partial charge is 0.306 e. The topological polar surface area (TPSA) is 20.3 Å². The second kappa shape index (κ2) is 9.83. The van der Waals surface area contributed by atoms with Gasteiger partial charge in [0.15, 0.2) is 0 Å². The number of Topliss-reactive ketones (excluding diaryl/α,β-unsaturated/α-hetero) is 1. The molecule has 2 nitrogen and oxygen atoms in total.